The van der Waals surface area contributed by atoms with Crippen LogP contribution in [0.1, 0.15) is 37.1 Å². The third-order valence-electron chi connectivity index (χ3n) is 7.06. The molecule has 2 aliphatic rings. The standard InChI is InChI=1S/C24H32N6O2/c1-14-5-6-18-17(11-14)22(28-27-18)23-25-19-12-15(2)21(13-20(19)26-23)29(4)24(31)16(3)30-7-9-32-10-8-30/h12-14,16H,5-11H2,1-4H3,(H,25,26)(H,27,28). The first kappa shape index (κ1) is 21.2. The molecule has 2 atom stereocenters. The Morgan fingerprint density at radius 1 is 1.31 bits per heavy atom. The Morgan fingerprint density at radius 2 is 2.09 bits per heavy atom. The van der Waals surface area contributed by atoms with E-state index in [4.69, 9.17) is 9.72 Å². The second-order valence-electron chi connectivity index (χ2n) is 9.34. The first-order valence-corrected chi connectivity index (χ1v) is 11.6. The summed E-state index contributed by atoms with van der Waals surface area (Å²) in [5, 5.41) is 7.79. The third kappa shape index (κ3) is 3.71. The van der Waals surface area contributed by atoms with E-state index < -0.39 is 0 Å². The maximum Gasteiger partial charge on any atom is 0.243 e. The maximum atomic E-state index is 13.2. The molecular weight excluding hydrogens is 404 g/mol. The number of H-pyrrole nitrogens is 2. The van der Waals surface area contributed by atoms with Crippen molar-refractivity contribution in [3.8, 4) is 11.5 Å². The summed E-state index contributed by atoms with van der Waals surface area (Å²) in [6.45, 7) is 9.24. The van der Waals surface area contributed by atoms with Gasteiger partial charge in [-0.15, -0.1) is 0 Å². The summed E-state index contributed by atoms with van der Waals surface area (Å²) >= 11 is 0. The van der Waals surface area contributed by atoms with Crippen molar-refractivity contribution in [2.24, 2.45) is 5.92 Å². The largest absolute Gasteiger partial charge is 0.379 e. The molecule has 1 aliphatic heterocycles. The highest BCUT2D eigenvalue weighted by Crippen LogP contribution is 2.33. The molecule has 0 saturated carbocycles. The predicted molar refractivity (Wildman–Crippen MR) is 125 cm³/mol. The Hall–Kier alpha value is -2.71. The lowest BCUT2D eigenvalue weighted by Gasteiger charge is -2.33. The molecule has 0 spiro atoms. The van der Waals surface area contributed by atoms with Crippen LogP contribution in [0.3, 0.4) is 0 Å². The molecule has 2 N–H and O–H groups in total. The lowest BCUT2D eigenvalue weighted by atomic mass is 9.88. The number of hydrogen-bond acceptors (Lipinski definition) is 5. The van der Waals surface area contributed by atoms with Crippen LogP contribution in [0, 0.1) is 12.8 Å². The quantitative estimate of drug-likeness (QED) is 0.656. The Bertz CT molecular complexity index is 1140. The van der Waals surface area contributed by atoms with Crippen molar-refractivity contribution in [1.82, 2.24) is 25.1 Å². The summed E-state index contributed by atoms with van der Waals surface area (Å²) < 4.78 is 5.43. The number of aromatic nitrogens is 4. The molecule has 0 bridgehead atoms. The van der Waals surface area contributed by atoms with Crippen molar-refractivity contribution >= 4 is 22.6 Å². The summed E-state index contributed by atoms with van der Waals surface area (Å²) in [5.41, 5.74) is 7.18. The summed E-state index contributed by atoms with van der Waals surface area (Å²) in [5.74, 6) is 1.53. The lowest BCUT2D eigenvalue weighted by Crippen LogP contribution is -2.50. The second kappa shape index (κ2) is 8.33. The van der Waals surface area contributed by atoms with Crippen LogP contribution in [-0.4, -0.2) is 70.4 Å². The molecule has 8 nitrogen and oxygen atoms in total. The smallest absolute Gasteiger partial charge is 0.243 e. The van der Waals surface area contributed by atoms with E-state index in [-0.39, 0.29) is 11.9 Å². The molecule has 2 aromatic heterocycles. The van der Waals surface area contributed by atoms with Gasteiger partial charge in [0.15, 0.2) is 5.82 Å². The van der Waals surface area contributed by atoms with Gasteiger partial charge in [-0.1, -0.05) is 6.92 Å². The number of morpholine rings is 1. The summed E-state index contributed by atoms with van der Waals surface area (Å²) in [4.78, 5) is 25.5. The predicted octanol–water partition coefficient (Wildman–Crippen LogP) is 3.07. The Morgan fingerprint density at radius 3 is 2.88 bits per heavy atom. The van der Waals surface area contributed by atoms with E-state index in [1.54, 1.807) is 4.90 Å². The minimum absolute atomic E-state index is 0.0838. The van der Waals surface area contributed by atoms with Gasteiger partial charge in [0.1, 0.15) is 5.69 Å². The monoisotopic (exact) mass is 436 g/mol. The van der Waals surface area contributed by atoms with E-state index in [0.29, 0.717) is 19.1 Å². The van der Waals surface area contributed by atoms with Crippen molar-refractivity contribution in [2.45, 2.75) is 46.1 Å². The van der Waals surface area contributed by atoms with E-state index in [0.717, 1.165) is 59.7 Å². The number of amides is 1. The molecule has 1 saturated heterocycles. The fraction of sp³-hybridized carbons (Fsp3) is 0.542. The lowest BCUT2D eigenvalue weighted by molar-refractivity contribution is -0.124. The number of carbonyl (C=O) groups excluding carboxylic acids is 1. The molecule has 1 fully saturated rings. The Balaban J connectivity index is 1.44. The normalized spacial score (nSPS) is 20.3. The van der Waals surface area contributed by atoms with E-state index in [1.807, 2.05) is 27.0 Å². The highest BCUT2D eigenvalue weighted by molar-refractivity contribution is 5.99. The molecule has 1 aliphatic carbocycles. The summed E-state index contributed by atoms with van der Waals surface area (Å²) in [6.07, 6.45) is 3.26. The van der Waals surface area contributed by atoms with Gasteiger partial charge in [0.05, 0.1) is 30.3 Å². The fourth-order valence-corrected chi connectivity index (χ4v) is 5.01. The topological polar surface area (TPSA) is 90.1 Å². The first-order chi connectivity index (χ1) is 15.4. The van der Waals surface area contributed by atoms with Crippen molar-refractivity contribution < 1.29 is 9.53 Å². The number of aryl methyl sites for hydroxylation is 2. The van der Waals surface area contributed by atoms with Crippen molar-refractivity contribution in [2.75, 3.05) is 38.3 Å². The highest BCUT2D eigenvalue weighted by atomic mass is 16.5. The molecule has 0 radical (unpaired) electrons. The number of nitrogens with one attached hydrogen (secondary N) is 2. The van der Waals surface area contributed by atoms with E-state index in [2.05, 4.69) is 33.1 Å². The fourth-order valence-electron chi connectivity index (χ4n) is 5.01. The van der Waals surface area contributed by atoms with Crippen LogP contribution in [0.2, 0.25) is 0 Å². The van der Waals surface area contributed by atoms with Gasteiger partial charge in [-0.05, 0) is 56.7 Å². The number of hydrogen-bond donors (Lipinski definition) is 2. The van der Waals surface area contributed by atoms with E-state index >= 15 is 0 Å². The van der Waals surface area contributed by atoms with Gasteiger partial charge in [0, 0.05) is 37.1 Å². The van der Waals surface area contributed by atoms with Crippen LogP contribution in [0.25, 0.3) is 22.6 Å². The van der Waals surface area contributed by atoms with Crippen molar-refractivity contribution in [1.29, 1.82) is 0 Å². The average Bonchev–Trinajstić information content (AvgIpc) is 3.40. The minimum atomic E-state index is -0.189. The first-order valence-electron chi connectivity index (χ1n) is 11.6. The van der Waals surface area contributed by atoms with Crippen LogP contribution in [0.15, 0.2) is 12.1 Å². The molecule has 1 amide bonds. The molecular formula is C24H32N6O2. The third-order valence-corrected chi connectivity index (χ3v) is 7.06. The number of fused-ring (bicyclic) bond motifs is 2. The van der Waals surface area contributed by atoms with Crippen LogP contribution in [-0.2, 0) is 22.4 Å². The number of likely N-dealkylation sites (N-methyl/N-ethyl adjacent to an activating group) is 1. The van der Waals surface area contributed by atoms with E-state index in [9.17, 15) is 4.79 Å². The van der Waals surface area contributed by atoms with Gasteiger partial charge < -0.3 is 14.6 Å². The average molecular weight is 437 g/mol. The molecule has 32 heavy (non-hydrogen) atoms. The van der Waals surface area contributed by atoms with Gasteiger partial charge in [-0.25, -0.2) is 4.98 Å². The number of ether oxygens (including phenoxy) is 1. The van der Waals surface area contributed by atoms with Crippen LogP contribution in [0.4, 0.5) is 5.69 Å². The van der Waals surface area contributed by atoms with Crippen molar-refractivity contribution in [3.05, 3.63) is 29.0 Å². The molecule has 5 rings (SSSR count). The van der Waals surface area contributed by atoms with Gasteiger partial charge in [-0.2, -0.15) is 5.10 Å². The van der Waals surface area contributed by atoms with Gasteiger partial charge in [0.25, 0.3) is 0 Å². The molecule has 1 aromatic carbocycles. The molecule has 2 unspecified atom stereocenters. The number of benzene rings is 1. The number of rotatable bonds is 4. The van der Waals surface area contributed by atoms with Crippen LogP contribution >= 0.6 is 0 Å². The van der Waals surface area contributed by atoms with Gasteiger partial charge in [-0.3, -0.25) is 14.8 Å². The number of anilines is 1. The Labute approximate surface area is 188 Å². The molecule has 3 aromatic rings. The van der Waals surface area contributed by atoms with Crippen molar-refractivity contribution in [3.63, 3.8) is 0 Å². The maximum absolute atomic E-state index is 13.2. The number of aromatic amines is 2. The van der Waals surface area contributed by atoms with Gasteiger partial charge in [0.2, 0.25) is 5.91 Å². The second-order valence-corrected chi connectivity index (χ2v) is 9.34. The minimum Gasteiger partial charge on any atom is -0.379 e. The summed E-state index contributed by atoms with van der Waals surface area (Å²) in [7, 11) is 1.85. The highest BCUT2D eigenvalue weighted by Gasteiger charge is 2.28. The molecule has 8 heteroatoms. The van der Waals surface area contributed by atoms with Crippen LogP contribution < -0.4 is 4.90 Å². The van der Waals surface area contributed by atoms with Gasteiger partial charge >= 0.3 is 0 Å². The van der Waals surface area contributed by atoms with E-state index in [1.165, 1.54) is 17.7 Å². The molecule has 170 valence electrons. The van der Waals surface area contributed by atoms with Crippen LogP contribution in [0.5, 0.6) is 0 Å². The SMILES string of the molecule is Cc1cc2[nH]c(-c3n[nH]c4c3CC(C)CC4)nc2cc1N(C)C(=O)C(C)N1CCOCC1. The molecule has 3 heterocycles. The zero-order valence-corrected chi connectivity index (χ0v) is 19.4. The zero-order valence-electron chi connectivity index (χ0n) is 19.4. The number of nitrogens with zero attached hydrogens (tertiary/aromatic N) is 4. The Kier molecular flexibility index (Phi) is 5.51. The number of carbonyl (C=O) groups is 1. The summed E-state index contributed by atoms with van der Waals surface area (Å²) in [6, 6.07) is 3.90. The zero-order chi connectivity index (χ0) is 22.4. The number of imidazole rings is 1.